The van der Waals surface area contributed by atoms with Gasteiger partial charge >= 0.3 is 0 Å². The highest BCUT2D eigenvalue weighted by atomic mass is 19.1. The molecule has 0 unspecified atom stereocenters. The highest BCUT2D eigenvalue weighted by molar-refractivity contribution is 6.08. The minimum absolute atomic E-state index is 0.0880. The second kappa shape index (κ2) is 4.05. The highest BCUT2D eigenvalue weighted by Gasteiger charge is 2.09. The van der Waals surface area contributed by atoms with Gasteiger partial charge in [-0.05, 0) is 32.1 Å². The van der Waals surface area contributed by atoms with E-state index in [1.54, 1.807) is 13.8 Å². The van der Waals surface area contributed by atoms with Crippen LogP contribution in [0.15, 0.2) is 29.8 Å². The molecule has 0 atom stereocenters. The van der Waals surface area contributed by atoms with E-state index in [0.717, 1.165) is 5.57 Å². The van der Waals surface area contributed by atoms with Crippen molar-refractivity contribution in [2.45, 2.75) is 13.8 Å². The number of para-hydroxylation sites is 1. The van der Waals surface area contributed by atoms with E-state index in [1.165, 1.54) is 24.3 Å². The Morgan fingerprint density at radius 3 is 2.64 bits per heavy atom. The molecular weight excluding hydrogens is 181 g/mol. The molecule has 0 aliphatic rings. The third-order valence-corrected chi connectivity index (χ3v) is 1.74. The number of anilines is 1. The molecule has 14 heavy (non-hydrogen) atoms. The summed E-state index contributed by atoms with van der Waals surface area (Å²) in [7, 11) is 0. The van der Waals surface area contributed by atoms with E-state index in [0.29, 0.717) is 0 Å². The molecule has 0 radical (unpaired) electrons. The lowest BCUT2D eigenvalue weighted by Crippen LogP contribution is -2.03. The number of nitrogens with two attached hydrogens (primary N) is 1. The van der Waals surface area contributed by atoms with Crippen LogP contribution in [0, 0.1) is 5.82 Å². The first-order valence-corrected chi connectivity index (χ1v) is 4.25. The zero-order valence-electron chi connectivity index (χ0n) is 8.17. The van der Waals surface area contributed by atoms with E-state index in [2.05, 4.69) is 0 Å². The predicted molar refractivity (Wildman–Crippen MR) is 54.6 cm³/mol. The van der Waals surface area contributed by atoms with Crippen molar-refractivity contribution < 1.29 is 9.18 Å². The van der Waals surface area contributed by atoms with E-state index < -0.39 is 5.82 Å². The van der Waals surface area contributed by atoms with Gasteiger partial charge in [-0.1, -0.05) is 11.6 Å². The summed E-state index contributed by atoms with van der Waals surface area (Å²) < 4.78 is 13.0. The van der Waals surface area contributed by atoms with Crippen molar-refractivity contribution in [1.29, 1.82) is 0 Å². The minimum atomic E-state index is -0.557. The van der Waals surface area contributed by atoms with Gasteiger partial charge in [-0.2, -0.15) is 0 Å². The van der Waals surface area contributed by atoms with Crippen molar-refractivity contribution in [3.05, 3.63) is 41.2 Å². The summed E-state index contributed by atoms with van der Waals surface area (Å²) in [6, 6.07) is 4.21. The van der Waals surface area contributed by atoms with Crippen LogP contribution in [0.4, 0.5) is 10.1 Å². The molecule has 0 amide bonds. The fourth-order valence-corrected chi connectivity index (χ4v) is 1.09. The molecule has 0 aliphatic heterocycles. The van der Waals surface area contributed by atoms with Crippen molar-refractivity contribution in [2.75, 3.05) is 5.73 Å². The SMILES string of the molecule is CC(C)=CC(=O)c1cccc(F)c1N. The summed E-state index contributed by atoms with van der Waals surface area (Å²) in [6.45, 7) is 3.60. The standard InChI is InChI=1S/C11H12FNO/c1-7(2)6-10(14)8-4-3-5-9(12)11(8)13/h3-6H,13H2,1-2H3. The van der Waals surface area contributed by atoms with Crippen molar-refractivity contribution in [2.24, 2.45) is 0 Å². The van der Waals surface area contributed by atoms with E-state index >= 15 is 0 Å². The lowest BCUT2D eigenvalue weighted by atomic mass is 10.1. The lowest BCUT2D eigenvalue weighted by Gasteiger charge is -2.02. The van der Waals surface area contributed by atoms with E-state index in [1.807, 2.05) is 0 Å². The average molecular weight is 193 g/mol. The predicted octanol–water partition coefficient (Wildman–Crippen LogP) is 2.56. The van der Waals surface area contributed by atoms with Crippen molar-refractivity contribution >= 4 is 11.5 Å². The molecule has 0 aromatic heterocycles. The van der Waals surface area contributed by atoms with Crippen LogP contribution in [-0.2, 0) is 0 Å². The molecule has 2 nitrogen and oxygen atoms in total. The van der Waals surface area contributed by atoms with Crippen LogP contribution in [-0.4, -0.2) is 5.78 Å². The lowest BCUT2D eigenvalue weighted by molar-refractivity contribution is 0.104. The second-order valence-corrected chi connectivity index (χ2v) is 3.29. The Kier molecular flexibility index (Phi) is 3.02. The van der Waals surface area contributed by atoms with Crippen LogP contribution in [0.25, 0.3) is 0 Å². The summed E-state index contributed by atoms with van der Waals surface area (Å²) in [6.07, 6.45) is 1.44. The van der Waals surface area contributed by atoms with Gasteiger partial charge in [0.05, 0.1) is 5.69 Å². The van der Waals surface area contributed by atoms with Gasteiger partial charge in [-0.15, -0.1) is 0 Å². The summed E-state index contributed by atoms with van der Waals surface area (Å²) in [5.41, 5.74) is 6.42. The molecule has 0 aliphatic carbocycles. The smallest absolute Gasteiger partial charge is 0.187 e. The number of carbonyl (C=O) groups is 1. The highest BCUT2D eigenvalue weighted by Crippen LogP contribution is 2.17. The Balaban J connectivity index is 3.14. The van der Waals surface area contributed by atoms with Crippen molar-refractivity contribution in [1.82, 2.24) is 0 Å². The Morgan fingerprint density at radius 2 is 2.07 bits per heavy atom. The molecule has 3 heteroatoms. The number of halogens is 1. The fraction of sp³-hybridized carbons (Fsp3) is 0.182. The van der Waals surface area contributed by atoms with Crippen LogP contribution >= 0.6 is 0 Å². The maximum absolute atomic E-state index is 13.0. The zero-order valence-corrected chi connectivity index (χ0v) is 8.17. The van der Waals surface area contributed by atoms with E-state index in [4.69, 9.17) is 5.73 Å². The molecule has 1 rings (SSSR count). The average Bonchev–Trinajstić information content (AvgIpc) is 2.08. The molecule has 0 saturated carbocycles. The monoisotopic (exact) mass is 193 g/mol. The Morgan fingerprint density at radius 1 is 1.43 bits per heavy atom. The first kappa shape index (κ1) is 10.4. The van der Waals surface area contributed by atoms with Gasteiger partial charge in [0.1, 0.15) is 5.82 Å². The van der Waals surface area contributed by atoms with Gasteiger partial charge in [0.25, 0.3) is 0 Å². The molecule has 1 aromatic carbocycles. The largest absolute Gasteiger partial charge is 0.396 e. The number of allylic oxidation sites excluding steroid dienone is 2. The zero-order chi connectivity index (χ0) is 10.7. The number of hydrogen-bond donors (Lipinski definition) is 1. The molecule has 1 aromatic rings. The number of hydrogen-bond acceptors (Lipinski definition) is 2. The summed E-state index contributed by atoms with van der Waals surface area (Å²) in [4.78, 5) is 11.5. The van der Waals surface area contributed by atoms with Crippen LogP contribution in [0.3, 0.4) is 0 Å². The molecule has 74 valence electrons. The summed E-state index contributed by atoms with van der Waals surface area (Å²) in [5.74, 6) is -0.819. The number of rotatable bonds is 2. The third kappa shape index (κ3) is 2.19. The van der Waals surface area contributed by atoms with Crippen LogP contribution in [0.1, 0.15) is 24.2 Å². The van der Waals surface area contributed by atoms with Gasteiger partial charge in [-0.25, -0.2) is 4.39 Å². The Labute approximate surface area is 82.2 Å². The van der Waals surface area contributed by atoms with E-state index in [9.17, 15) is 9.18 Å². The number of benzene rings is 1. The molecule has 0 saturated heterocycles. The van der Waals surface area contributed by atoms with Gasteiger partial charge < -0.3 is 5.73 Å². The number of nitrogen functional groups attached to an aromatic ring is 1. The van der Waals surface area contributed by atoms with Crippen molar-refractivity contribution in [3.8, 4) is 0 Å². The van der Waals surface area contributed by atoms with Crippen molar-refractivity contribution in [3.63, 3.8) is 0 Å². The summed E-state index contributed by atoms with van der Waals surface area (Å²) >= 11 is 0. The molecular formula is C11H12FNO. The van der Waals surface area contributed by atoms with Gasteiger partial charge in [0.2, 0.25) is 0 Å². The van der Waals surface area contributed by atoms with Gasteiger partial charge in [-0.3, -0.25) is 4.79 Å². The van der Waals surface area contributed by atoms with Gasteiger partial charge in [0.15, 0.2) is 5.78 Å². The molecule has 0 spiro atoms. The van der Waals surface area contributed by atoms with E-state index in [-0.39, 0.29) is 17.0 Å². The fourth-order valence-electron chi connectivity index (χ4n) is 1.09. The normalized spacial score (nSPS) is 9.64. The Hall–Kier alpha value is -1.64. The molecule has 0 heterocycles. The quantitative estimate of drug-likeness (QED) is 0.445. The molecule has 0 fully saturated rings. The second-order valence-electron chi connectivity index (χ2n) is 3.29. The summed E-state index contributed by atoms with van der Waals surface area (Å²) in [5, 5.41) is 0. The first-order valence-electron chi connectivity index (χ1n) is 4.25. The Bertz CT molecular complexity index is 392. The van der Waals surface area contributed by atoms with Crippen LogP contribution < -0.4 is 5.73 Å². The maximum Gasteiger partial charge on any atom is 0.187 e. The number of ketones is 1. The topological polar surface area (TPSA) is 43.1 Å². The third-order valence-electron chi connectivity index (χ3n) is 1.74. The maximum atomic E-state index is 13.0. The van der Waals surface area contributed by atoms with Crippen LogP contribution in [0.5, 0.6) is 0 Å². The molecule has 0 bridgehead atoms. The number of carbonyl (C=O) groups excluding carboxylic acids is 1. The van der Waals surface area contributed by atoms with Crippen LogP contribution in [0.2, 0.25) is 0 Å². The minimum Gasteiger partial charge on any atom is -0.396 e. The molecule has 2 N–H and O–H groups in total. The van der Waals surface area contributed by atoms with Gasteiger partial charge in [0, 0.05) is 5.56 Å². The first-order chi connectivity index (χ1) is 6.52.